The van der Waals surface area contributed by atoms with Crippen molar-refractivity contribution >= 4 is 23.5 Å². The molecule has 1 aliphatic heterocycles. The Balaban J connectivity index is 1.98. The normalized spacial score (nSPS) is 16.8. The maximum atomic E-state index is 12.5. The Morgan fingerprint density at radius 3 is 2.65 bits per heavy atom. The molecule has 7 nitrogen and oxygen atoms in total. The number of ether oxygens (including phenoxy) is 2. The maximum absolute atomic E-state index is 12.5. The van der Waals surface area contributed by atoms with Crippen LogP contribution in [0.4, 0.5) is 5.69 Å². The van der Waals surface area contributed by atoms with E-state index in [1.807, 2.05) is 0 Å². The van der Waals surface area contributed by atoms with E-state index in [4.69, 9.17) is 9.47 Å². The van der Waals surface area contributed by atoms with Gasteiger partial charge in [0, 0.05) is 24.9 Å². The van der Waals surface area contributed by atoms with Crippen molar-refractivity contribution in [3.05, 3.63) is 29.8 Å². The quantitative estimate of drug-likeness (QED) is 0.812. The lowest BCUT2D eigenvalue weighted by molar-refractivity contribution is -0.155. The molecule has 7 heteroatoms. The van der Waals surface area contributed by atoms with Gasteiger partial charge in [-0.05, 0) is 51.8 Å². The minimum absolute atomic E-state index is 0.150. The van der Waals surface area contributed by atoms with Gasteiger partial charge in [-0.2, -0.15) is 0 Å². The van der Waals surface area contributed by atoms with Crippen LogP contribution in [-0.4, -0.2) is 54.6 Å². The Kier molecular flexibility index (Phi) is 6.37. The summed E-state index contributed by atoms with van der Waals surface area (Å²) in [5.41, 5.74) is 0.288. The Bertz CT molecular complexity index is 675. The monoisotopic (exact) mass is 362 g/mol. The van der Waals surface area contributed by atoms with Crippen molar-refractivity contribution < 1.29 is 23.9 Å². The molecule has 2 amide bonds. The van der Waals surface area contributed by atoms with Gasteiger partial charge in [0.05, 0.1) is 0 Å². The highest BCUT2D eigenvalue weighted by Gasteiger charge is 2.24. The van der Waals surface area contributed by atoms with E-state index in [2.05, 4.69) is 5.32 Å². The second kappa shape index (κ2) is 8.31. The van der Waals surface area contributed by atoms with Crippen LogP contribution in [0, 0.1) is 0 Å². The Labute approximate surface area is 153 Å². The van der Waals surface area contributed by atoms with E-state index < -0.39 is 17.7 Å². The number of likely N-dealkylation sites (N-methyl/N-ethyl adjacent to an activating group) is 1. The van der Waals surface area contributed by atoms with Crippen LogP contribution in [0.5, 0.6) is 0 Å². The Morgan fingerprint density at radius 1 is 1.31 bits per heavy atom. The predicted molar refractivity (Wildman–Crippen MR) is 96.9 cm³/mol. The molecule has 0 aliphatic carbocycles. The molecular formula is C19H26N2O5. The minimum atomic E-state index is -0.604. The van der Waals surface area contributed by atoms with E-state index in [1.165, 1.54) is 11.9 Å². The number of anilines is 1. The van der Waals surface area contributed by atoms with Crippen molar-refractivity contribution in [2.24, 2.45) is 0 Å². The van der Waals surface area contributed by atoms with Gasteiger partial charge in [-0.3, -0.25) is 14.4 Å². The van der Waals surface area contributed by atoms with Crippen LogP contribution < -0.4 is 5.32 Å². The van der Waals surface area contributed by atoms with Crippen LogP contribution in [0.2, 0.25) is 0 Å². The van der Waals surface area contributed by atoms with E-state index in [0.717, 1.165) is 6.42 Å². The first-order valence-corrected chi connectivity index (χ1v) is 8.65. The van der Waals surface area contributed by atoms with Crippen LogP contribution in [0.25, 0.3) is 0 Å². The molecule has 0 bridgehead atoms. The summed E-state index contributed by atoms with van der Waals surface area (Å²) in [6, 6.07) is 6.60. The number of nitrogens with zero attached hydrogens (tertiary/aromatic N) is 1. The van der Waals surface area contributed by atoms with Crippen molar-refractivity contribution in [2.45, 2.75) is 45.3 Å². The highest BCUT2D eigenvalue weighted by Crippen LogP contribution is 2.17. The molecular weight excluding hydrogens is 336 g/mol. The summed E-state index contributed by atoms with van der Waals surface area (Å²) in [5, 5.41) is 2.76. The largest absolute Gasteiger partial charge is 0.459 e. The molecule has 0 aromatic heterocycles. The van der Waals surface area contributed by atoms with E-state index in [1.54, 1.807) is 45.0 Å². The van der Waals surface area contributed by atoms with Gasteiger partial charge in [-0.25, -0.2) is 0 Å². The maximum Gasteiger partial charge on any atom is 0.326 e. The fraction of sp³-hybridized carbons (Fsp3) is 0.526. The summed E-state index contributed by atoms with van der Waals surface area (Å²) >= 11 is 0. The molecule has 1 fully saturated rings. The van der Waals surface area contributed by atoms with Gasteiger partial charge in [0.2, 0.25) is 0 Å². The first-order chi connectivity index (χ1) is 12.2. The molecule has 1 aromatic carbocycles. The molecule has 1 saturated heterocycles. The zero-order chi connectivity index (χ0) is 19.3. The molecule has 1 unspecified atom stereocenters. The molecule has 142 valence electrons. The third-order valence-corrected chi connectivity index (χ3v) is 3.73. The molecule has 1 aromatic rings. The van der Waals surface area contributed by atoms with Gasteiger partial charge in [0.15, 0.2) is 0 Å². The van der Waals surface area contributed by atoms with Crippen molar-refractivity contribution in [3.8, 4) is 0 Å². The average molecular weight is 362 g/mol. The number of hydrogen-bond acceptors (Lipinski definition) is 5. The van der Waals surface area contributed by atoms with Crippen LogP contribution in [0.15, 0.2) is 24.3 Å². The van der Waals surface area contributed by atoms with Gasteiger partial charge in [-0.1, -0.05) is 6.07 Å². The van der Waals surface area contributed by atoms with Gasteiger partial charge in [0.25, 0.3) is 11.8 Å². The average Bonchev–Trinajstić information content (AvgIpc) is 3.07. The second-order valence-electron chi connectivity index (χ2n) is 7.32. The first-order valence-electron chi connectivity index (χ1n) is 8.65. The summed E-state index contributed by atoms with van der Waals surface area (Å²) < 4.78 is 10.6. The molecule has 1 atom stereocenters. The molecule has 0 radical (unpaired) electrons. The molecule has 26 heavy (non-hydrogen) atoms. The molecule has 1 N–H and O–H groups in total. The fourth-order valence-corrected chi connectivity index (χ4v) is 2.60. The van der Waals surface area contributed by atoms with E-state index in [0.29, 0.717) is 24.3 Å². The SMILES string of the molecule is CN(CC(=O)OC(C)(C)C)C(=O)c1cccc(NC(=O)C2CCCO2)c1. The smallest absolute Gasteiger partial charge is 0.326 e. The second-order valence-corrected chi connectivity index (χ2v) is 7.32. The van der Waals surface area contributed by atoms with Crippen LogP contribution >= 0.6 is 0 Å². The van der Waals surface area contributed by atoms with Gasteiger partial charge in [0.1, 0.15) is 18.2 Å². The Hall–Kier alpha value is -2.41. The molecule has 0 saturated carbocycles. The Morgan fingerprint density at radius 2 is 2.04 bits per heavy atom. The zero-order valence-corrected chi connectivity index (χ0v) is 15.7. The van der Waals surface area contributed by atoms with E-state index in [9.17, 15) is 14.4 Å². The van der Waals surface area contributed by atoms with Crippen molar-refractivity contribution in [3.63, 3.8) is 0 Å². The summed E-state index contributed by atoms with van der Waals surface area (Å²) in [6.07, 6.45) is 1.12. The standard InChI is InChI=1S/C19H26N2O5/c1-19(2,3)26-16(22)12-21(4)18(24)13-7-5-8-14(11-13)20-17(23)15-9-6-10-25-15/h5,7-8,11,15H,6,9-10,12H2,1-4H3,(H,20,23). The van der Waals surface area contributed by atoms with E-state index >= 15 is 0 Å². The number of nitrogens with one attached hydrogen (secondary N) is 1. The van der Waals surface area contributed by atoms with Crippen LogP contribution in [-0.2, 0) is 19.1 Å². The number of carbonyl (C=O) groups excluding carboxylic acids is 3. The van der Waals surface area contributed by atoms with Gasteiger partial charge in [-0.15, -0.1) is 0 Å². The predicted octanol–water partition coefficient (Wildman–Crippen LogP) is 2.22. The summed E-state index contributed by atoms with van der Waals surface area (Å²) in [4.78, 5) is 37.8. The van der Waals surface area contributed by atoms with E-state index in [-0.39, 0.29) is 18.4 Å². The third kappa shape index (κ3) is 5.84. The highest BCUT2D eigenvalue weighted by molar-refractivity contribution is 5.99. The molecule has 1 heterocycles. The van der Waals surface area contributed by atoms with Crippen molar-refractivity contribution in [1.82, 2.24) is 4.90 Å². The van der Waals surface area contributed by atoms with Gasteiger partial charge >= 0.3 is 5.97 Å². The van der Waals surface area contributed by atoms with Crippen molar-refractivity contribution in [2.75, 3.05) is 25.5 Å². The lowest BCUT2D eigenvalue weighted by Crippen LogP contribution is -2.36. The molecule has 0 spiro atoms. The number of rotatable bonds is 5. The number of amides is 2. The zero-order valence-electron chi connectivity index (χ0n) is 15.7. The first kappa shape index (κ1) is 19.9. The minimum Gasteiger partial charge on any atom is -0.459 e. The van der Waals surface area contributed by atoms with Crippen molar-refractivity contribution in [1.29, 1.82) is 0 Å². The number of hydrogen-bond donors (Lipinski definition) is 1. The number of carbonyl (C=O) groups is 3. The summed E-state index contributed by atoms with van der Waals surface area (Å²) in [5.74, 6) is -1.02. The number of benzene rings is 1. The number of esters is 1. The third-order valence-electron chi connectivity index (χ3n) is 3.73. The van der Waals surface area contributed by atoms with Crippen LogP contribution in [0.1, 0.15) is 44.0 Å². The topological polar surface area (TPSA) is 84.9 Å². The van der Waals surface area contributed by atoms with Crippen LogP contribution in [0.3, 0.4) is 0 Å². The molecule has 1 aliphatic rings. The highest BCUT2D eigenvalue weighted by atomic mass is 16.6. The molecule has 2 rings (SSSR count). The fourth-order valence-electron chi connectivity index (χ4n) is 2.60. The summed E-state index contributed by atoms with van der Waals surface area (Å²) in [7, 11) is 1.53. The van der Waals surface area contributed by atoms with Gasteiger partial charge < -0.3 is 19.7 Å². The lowest BCUT2D eigenvalue weighted by atomic mass is 10.1. The summed E-state index contributed by atoms with van der Waals surface area (Å²) in [6.45, 7) is 5.75. The lowest BCUT2D eigenvalue weighted by Gasteiger charge is -2.22.